The average Bonchev–Trinajstić information content (AvgIpc) is 2.14. The van der Waals surface area contributed by atoms with E-state index in [9.17, 15) is 4.79 Å². The first-order valence-corrected chi connectivity index (χ1v) is 2.46. The van der Waals surface area contributed by atoms with E-state index in [1.54, 1.807) is 0 Å². The highest BCUT2D eigenvalue weighted by molar-refractivity contribution is 4.77. The molecule has 0 unspecified atom stereocenters. The number of aromatic amines is 2. The average molecular weight is 113 g/mol. The van der Waals surface area contributed by atoms with Gasteiger partial charge >= 0.3 is 5.69 Å². The molecule has 0 aliphatic rings. The Morgan fingerprint density at radius 3 is 2.75 bits per heavy atom. The molecule has 0 aromatic carbocycles. The number of aromatic nitrogens is 3. The van der Waals surface area contributed by atoms with Crippen LogP contribution in [0.4, 0.5) is 0 Å². The molecule has 8 heavy (non-hydrogen) atoms. The molecule has 1 aromatic heterocycles. The van der Waals surface area contributed by atoms with Crippen molar-refractivity contribution in [3.8, 4) is 0 Å². The predicted octanol–water partition coefficient (Wildman–Crippen LogP) is -0.340. The van der Waals surface area contributed by atoms with Gasteiger partial charge < -0.3 is 0 Å². The second-order valence-corrected chi connectivity index (χ2v) is 1.48. The SMILES string of the molecule is CCc1n[nH]c(=O)[nH]1. The van der Waals surface area contributed by atoms with E-state index in [1.807, 2.05) is 6.92 Å². The molecule has 4 heteroatoms. The third-order valence-corrected chi connectivity index (χ3v) is 0.885. The van der Waals surface area contributed by atoms with Gasteiger partial charge in [-0.25, -0.2) is 9.89 Å². The molecule has 0 fully saturated rings. The first-order valence-electron chi connectivity index (χ1n) is 2.46. The third kappa shape index (κ3) is 0.776. The molecule has 0 saturated heterocycles. The van der Waals surface area contributed by atoms with E-state index in [0.29, 0.717) is 5.82 Å². The number of aryl methyl sites for hydroxylation is 1. The van der Waals surface area contributed by atoms with E-state index >= 15 is 0 Å². The van der Waals surface area contributed by atoms with Crippen LogP contribution in [0.2, 0.25) is 0 Å². The molecule has 0 saturated carbocycles. The fourth-order valence-corrected chi connectivity index (χ4v) is 0.473. The number of hydrogen-bond donors (Lipinski definition) is 2. The summed E-state index contributed by atoms with van der Waals surface area (Å²) in [5.41, 5.74) is -0.234. The number of nitrogens with zero attached hydrogens (tertiary/aromatic N) is 1. The molecule has 4 nitrogen and oxygen atoms in total. The van der Waals surface area contributed by atoms with Crippen molar-refractivity contribution in [3.05, 3.63) is 16.3 Å². The standard InChI is InChI=1S/C4H7N3O/c1-2-3-5-4(8)7-6-3/h2H2,1H3,(H2,5,6,7,8). The Labute approximate surface area is 45.9 Å². The van der Waals surface area contributed by atoms with Crippen LogP contribution in [-0.2, 0) is 6.42 Å². The van der Waals surface area contributed by atoms with Crippen LogP contribution >= 0.6 is 0 Å². The summed E-state index contributed by atoms with van der Waals surface area (Å²) >= 11 is 0. The predicted molar refractivity (Wildman–Crippen MR) is 28.6 cm³/mol. The molecule has 0 amide bonds. The smallest absolute Gasteiger partial charge is 0.293 e. The summed E-state index contributed by atoms with van der Waals surface area (Å²) in [6.07, 6.45) is 0.763. The Balaban J connectivity index is 3.01. The molecule has 0 atom stereocenters. The van der Waals surface area contributed by atoms with Crippen LogP contribution < -0.4 is 5.69 Å². The second-order valence-electron chi connectivity index (χ2n) is 1.48. The van der Waals surface area contributed by atoms with E-state index in [0.717, 1.165) is 6.42 Å². The summed E-state index contributed by atoms with van der Waals surface area (Å²) in [6, 6.07) is 0. The lowest BCUT2D eigenvalue weighted by Crippen LogP contribution is -2.00. The monoisotopic (exact) mass is 113 g/mol. The number of nitrogens with one attached hydrogen (secondary N) is 2. The van der Waals surface area contributed by atoms with E-state index in [2.05, 4.69) is 15.2 Å². The zero-order chi connectivity index (χ0) is 5.98. The number of hydrogen-bond acceptors (Lipinski definition) is 2. The van der Waals surface area contributed by atoms with Gasteiger partial charge in [0.1, 0.15) is 5.82 Å². The minimum Gasteiger partial charge on any atom is -0.293 e. The molecule has 0 aliphatic carbocycles. The van der Waals surface area contributed by atoms with Crippen LogP contribution in [0.1, 0.15) is 12.7 Å². The Hall–Kier alpha value is -1.06. The number of rotatable bonds is 1. The van der Waals surface area contributed by atoms with Crippen molar-refractivity contribution >= 4 is 0 Å². The van der Waals surface area contributed by atoms with Gasteiger partial charge in [0.25, 0.3) is 0 Å². The highest BCUT2D eigenvalue weighted by atomic mass is 16.1. The van der Waals surface area contributed by atoms with Gasteiger partial charge in [0.05, 0.1) is 0 Å². The minimum absolute atomic E-state index is 0.234. The lowest BCUT2D eigenvalue weighted by Gasteiger charge is -1.76. The first-order chi connectivity index (χ1) is 3.83. The highest BCUT2D eigenvalue weighted by Gasteiger charge is 1.89. The van der Waals surface area contributed by atoms with E-state index in [4.69, 9.17) is 0 Å². The Morgan fingerprint density at radius 2 is 2.50 bits per heavy atom. The van der Waals surface area contributed by atoms with Crippen LogP contribution in [0.15, 0.2) is 4.79 Å². The van der Waals surface area contributed by atoms with Crippen molar-refractivity contribution in [2.45, 2.75) is 13.3 Å². The van der Waals surface area contributed by atoms with Crippen molar-refractivity contribution in [1.82, 2.24) is 15.2 Å². The van der Waals surface area contributed by atoms with Crippen molar-refractivity contribution < 1.29 is 0 Å². The molecule has 0 spiro atoms. The van der Waals surface area contributed by atoms with Gasteiger partial charge in [0.2, 0.25) is 0 Å². The summed E-state index contributed by atoms with van der Waals surface area (Å²) in [5.74, 6) is 0.704. The lowest BCUT2D eigenvalue weighted by molar-refractivity contribution is 0.945. The normalized spacial score (nSPS) is 9.62. The maximum absolute atomic E-state index is 10.3. The van der Waals surface area contributed by atoms with Crippen molar-refractivity contribution in [2.75, 3.05) is 0 Å². The summed E-state index contributed by atoms with van der Waals surface area (Å²) in [4.78, 5) is 12.8. The van der Waals surface area contributed by atoms with Gasteiger partial charge in [-0.2, -0.15) is 5.10 Å². The molecule has 1 heterocycles. The van der Waals surface area contributed by atoms with Crippen LogP contribution in [0, 0.1) is 0 Å². The molecular formula is C4H7N3O. The lowest BCUT2D eigenvalue weighted by atomic mass is 10.5. The Morgan fingerprint density at radius 1 is 1.75 bits per heavy atom. The summed E-state index contributed by atoms with van der Waals surface area (Å²) < 4.78 is 0. The van der Waals surface area contributed by atoms with Gasteiger partial charge in [-0.05, 0) is 0 Å². The van der Waals surface area contributed by atoms with E-state index in [-0.39, 0.29) is 5.69 Å². The van der Waals surface area contributed by atoms with Gasteiger partial charge in [-0.1, -0.05) is 6.92 Å². The van der Waals surface area contributed by atoms with Gasteiger partial charge in [-0.3, -0.25) is 4.98 Å². The highest BCUT2D eigenvalue weighted by Crippen LogP contribution is 1.78. The minimum atomic E-state index is -0.234. The van der Waals surface area contributed by atoms with Gasteiger partial charge in [0.15, 0.2) is 0 Å². The molecular weight excluding hydrogens is 106 g/mol. The Kier molecular flexibility index (Phi) is 1.15. The molecule has 2 N–H and O–H groups in total. The van der Waals surface area contributed by atoms with Crippen LogP contribution in [0.25, 0.3) is 0 Å². The second kappa shape index (κ2) is 1.81. The Bertz CT molecular complexity index is 211. The maximum Gasteiger partial charge on any atom is 0.340 e. The molecule has 44 valence electrons. The zero-order valence-electron chi connectivity index (χ0n) is 4.56. The van der Waals surface area contributed by atoms with Crippen LogP contribution in [0.5, 0.6) is 0 Å². The third-order valence-electron chi connectivity index (χ3n) is 0.885. The quantitative estimate of drug-likeness (QED) is 0.523. The topological polar surface area (TPSA) is 61.5 Å². The van der Waals surface area contributed by atoms with Gasteiger partial charge in [-0.15, -0.1) is 0 Å². The van der Waals surface area contributed by atoms with E-state index < -0.39 is 0 Å². The van der Waals surface area contributed by atoms with Crippen LogP contribution in [-0.4, -0.2) is 15.2 Å². The first kappa shape index (κ1) is 5.08. The number of H-pyrrole nitrogens is 2. The van der Waals surface area contributed by atoms with Crippen molar-refractivity contribution in [3.63, 3.8) is 0 Å². The van der Waals surface area contributed by atoms with Gasteiger partial charge in [0, 0.05) is 6.42 Å². The maximum atomic E-state index is 10.3. The molecule has 1 rings (SSSR count). The fourth-order valence-electron chi connectivity index (χ4n) is 0.473. The molecule has 0 radical (unpaired) electrons. The van der Waals surface area contributed by atoms with E-state index in [1.165, 1.54) is 0 Å². The van der Waals surface area contributed by atoms with Crippen molar-refractivity contribution in [2.24, 2.45) is 0 Å². The largest absolute Gasteiger partial charge is 0.340 e. The zero-order valence-corrected chi connectivity index (χ0v) is 4.56. The molecule has 1 aromatic rings. The summed E-state index contributed by atoms with van der Waals surface area (Å²) in [6.45, 7) is 1.92. The van der Waals surface area contributed by atoms with Crippen LogP contribution in [0.3, 0.4) is 0 Å². The molecule has 0 bridgehead atoms. The van der Waals surface area contributed by atoms with Crippen molar-refractivity contribution in [1.29, 1.82) is 0 Å². The summed E-state index contributed by atoms with van der Waals surface area (Å²) in [7, 11) is 0. The fraction of sp³-hybridized carbons (Fsp3) is 0.500. The molecule has 0 aliphatic heterocycles. The summed E-state index contributed by atoms with van der Waals surface area (Å²) in [5, 5.41) is 5.90.